The van der Waals surface area contributed by atoms with Crippen molar-refractivity contribution in [3.8, 4) is 11.1 Å². The molecule has 0 amide bonds. The Kier molecular flexibility index (Phi) is 4.50. The number of aromatic nitrogens is 4. The number of nitrogens with zero attached hydrogens (tertiary/aromatic N) is 4. The van der Waals surface area contributed by atoms with Crippen LogP contribution in [0.2, 0.25) is 0 Å². The molecule has 1 fully saturated rings. The molecule has 4 aromatic heterocycles. The van der Waals surface area contributed by atoms with Crippen molar-refractivity contribution < 1.29 is 14.3 Å². The second-order valence-electron chi connectivity index (χ2n) is 7.85. The summed E-state index contributed by atoms with van der Waals surface area (Å²) in [4.78, 5) is 20.6. The van der Waals surface area contributed by atoms with E-state index in [2.05, 4.69) is 26.0 Å². The highest BCUT2D eigenvalue weighted by Gasteiger charge is 2.30. The van der Waals surface area contributed by atoms with Crippen molar-refractivity contribution in [2.45, 2.75) is 38.5 Å². The summed E-state index contributed by atoms with van der Waals surface area (Å²) < 4.78 is 7.92. The molecule has 5 rings (SSSR count). The zero-order valence-corrected chi connectivity index (χ0v) is 17.9. The van der Waals surface area contributed by atoms with E-state index in [0.717, 1.165) is 45.3 Å². The van der Waals surface area contributed by atoms with Crippen molar-refractivity contribution in [3.05, 3.63) is 40.5 Å². The van der Waals surface area contributed by atoms with Crippen LogP contribution in [0.1, 0.15) is 43.1 Å². The number of carbonyl (C=O) groups is 1. The molecule has 0 spiro atoms. The van der Waals surface area contributed by atoms with Gasteiger partial charge in [0.1, 0.15) is 11.6 Å². The Morgan fingerprint density at radius 3 is 2.77 bits per heavy atom. The lowest BCUT2D eigenvalue weighted by molar-refractivity contribution is -0.142. The number of pyridine rings is 1. The van der Waals surface area contributed by atoms with Crippen molar-refractivity contribution >= 4 is 44.5 Å². The molecule has 1 aliphatic rings. The first kappa shape index (κ1) is 19.0. The Labute approximate surface area is 180 Å². The van der Waals surface area contributed by atoms with E-state index in [-0.39, 0.29) is 11.8 Å². The van der Waals surface area contributed by atoms with E-state index in [0.29, 0.717) is 30.0 Å². The maximum absolute atomic E-state index is 11.3. The molecule has 0 aromatic carbocycles. The van der Waals surface area contributed by atoms with Crippen molar-refractivity contribution in [3.63, 3.8) is 0 Å². The summed E-state index contributed by atoms with van der Waals surface area (Å²) in [6, 6.07) is 3.95. The molecular weight excluding hydrogens is 450 g/mol. The molecule has 1 saturated carbocycles. The summed E-state index contributed by atoms with van der Waals surface area (Å²) in [5, 5.41) is 14.6. The van der Waals surface area contributed by atoms with Crippen LogP contribution >= 0.6 is 15.9 Å². The molecule has 3 N–H and O–H groups in total. The minimum absolute atomic E-state index is 0.155. The first-order chi connectivity index (χ1) is 14.4. The number of anilines is 1. The molecule has 4 heterocycles. The number of fused-ring (bicyclic) bond motifs is 2. The molecule has 0 unspecified atom stereocenters. The lowest BCUT2D eigenvalue weighted by Crippen LogP contribution is -2.21. The third kappa shape index (κ3) is 3.04. The Hall–Kier alpha value is -2.94. The third-order valence-electron chi connectivity index (χ3n) is 5.92. The second kappa shape index (κ2) is 7.09. The van der Waals surface area contributed by atoms with Gasteiger partial charge in [-0.15, -0.1) is 0 Å². The van der Waals surface area contributed by atoms with Crippen LogP contribution in [-0.2, 0) is 4.79 Å². The molecule has 1 aliphatic carbocycles. The van der Waals surface area contributed by atoms with Gasteiger partial charge in [-0.3, -0.25) is 4.79 Å². The largest absolute Gasteiger partial charge is 0.481 e. The normalized spacial score (nSPS) is 19.5. The lowest BCUT2D eigenvalue weighted by atomic mass is 9.80. The maximum atomic E-state index is 11.3. The summed E-state index contributed by atoms with van der Waals surface area (Å²) in [6.45, 7) is 1.89. The summed E-state index contributed by atoms with van der Waals surface area (Å²) >= 11 is 3.59. The standard InChI is InChI=1S/C21H20BrN5O3/c1-10-6-13-7-14(8-24-20(13)30-10)15-9-25-27-18(23)16(22)17(26-19(15)27)11-2-4-12(5-3-11)21(28)29/h6-9,11-12H,2-5,23H2,1H3,(H,28,29). The van der Waals surface area contributed by atoms with E-state index in [4.69, 9.17) is 15.1 Å². The van der Waals surface area contributed by atoms with E-state index in [1.54, 1.807) is 16.9 Å². The highest BCUT2D eigenvalue weighted by molar-refractivity contribution is 9.10. The van der Waals surface area contributed by atoms with Gasteiger partial charge in [0.15, 0.2) is 5.65 Å². The summed E-state index contributed by atoms with van der Waals surface area (Å²) in [5.41, 5.74) is 10.2. The van der Waals surface area contributed by atoms with Crippen LogP contribution in [0, 0.1) is 12.8 Å². The quantitative estimate of drug-likeness (QED) is 0.451. The number of nitrogen functional groups attached to an aromatic ring is 1. The van der Waals surface area contributed by atoms with Gasteiger partial charge < -0.3 is 15.3 Å². The average Bonchev–Trinajstić information content (AvgIpc) is 3.32. The number of nitrogens with two attached hydrogens (primary N) is 1. The lowest BCUT2D eigenvalue weighted by Gasteiger charge is -2.26. The molecule has 8 nitrogen and oxygen atoms in total. The minimum atomic E-state index is -0.717. The van der Waals surface area contributed by atoms with Crippen LogP contribution in [-0.4, -0.2) is 30.7 Å². The molecular formula is C21H20BrN5O3. The molecule has 4 aromatic rings. The van der Waals surface area contributed by atoms with Crippen LogP contribution in [0.4, 0.5) is 5.82 Å². The fourth-order valence-electron chi connectivity index (χ4n) is 4.31. The number of hydrogen-bond acceptors (Lipinski definition) is 6. The topological polar surface area (TPSA) is 120 Å². The van der Waals surface area contributed by atoms with E-state index < -0.39 is 5.97 Å². The van der Waals surface area contributed by atoms with Gasteiger partial charge >= 0.3 is 5.97 Å². The smallest absolute Gasteiger partial charge is 0.306 e. The van der Waals surface area contributed by atoms with Crippen molar-refractivity contribution in [1.29, 1.82) is 0 Å². The number of aliphatic carboxylic acids is 1. The molecule has 0 atom stereocenters. The third-order valence-corrected chi connectivity index (χ3v) is 6.73. The number of halogens is 1. The van der Waals surface area contributed by atoms with E-state index in [1.165, 1.54) is 0 Å². The van der Waals surface area contributed by atoms with Crippen molar-refractivity contribution in [2.75, 3.05) is 5.73 Å². The fraction of sp³-hybridized carbons (Fsp3) is 0.333. The molecule has 154 valence electrons. The number of hydrogen-bond donors (Lipinski definition) is 2. The number of carboxylic acid groups (broad SMARTS) is 1. The van der Waals surface area contributed by atoms with Gasteiger partial charge in [-0.1, -0.05) is 0 Å². The average molecular weight is 470 g/mol. The van der Waals surface area contributed by atoms with Gasteiger partial charge in [0, 0.05) is 28.6 Å². The first-order valence-corrected chi connectivity index (χ1v) is 10.6. The Morgan fingerprint density at radius 2 is 2.03 bits per heavy atom. The van der Waals surface area contributed by atoms with Crippen molar-refractivity contribution in [2.24, 2.45) is 5.92 Å². The zero-order valence-electron chi connectivity index (χ0n) is 16.3. The van der Waals surface area contributed by atoms with Crippen molar-refractivity contribution in [1.82, 2.24) is 19.6 Å². The van der Waals surface area contributed by atoms with Crippen LogP contribution in [0.5, 0.6) is 0 Å². The molecule has 0 radical (unpaired) electrons. The summed E-state index contributed by atoms with van der Waals surface area (Å²) in [5.74, 6) is 0.450. The van der Waals surface area contributed by atoms with Crippen LogP contribution in [0.15, 0.2) is 33.4 Å². The van der Waals surface area contributed by atoms with Gasteiger partial charge in [0.2, 0.25) is 5.71 Å². The molecule has 0 aliphatic heterocycles. The maximum Gasteiger partial charge on any atom is 0.306 e. The van der Waals surface area contributed by atoms with Gasteiger partial charge in [0.25, 0.3) is 0 Å². The number of rotatable bonds is 3. The molecule has 30 heavy (non-hydrogen) atoms. The monoisotopic (exact) mass is 469 g/mol. The SMILES string of the molecule is Cc1cc2cc(-c3cnn4c(N)c(Br)c(C5CCC(C(=O)O)CC5)nc34)cnc2o1. The van der Waals surface area contributed by atoms with E-state index in [1.807, 2.05) is 19.1 Å². The Balaban J connectivity index is 1.58. The fourth-order valence-corrected chi connectivity index (χ4v) is 4.89. The highest BCUT2D eigenvalue weighted by Crippen LogP contribution is 2.40. The molecule has 0 saturated heterocycles. The predicted octanol–water partition coefficient (Wildman–Crippen LogP) is 4.55. The van der Waals surface area contributed by atoms with Gasteiger partial charge in [-0.2, -0.15) is 9.61 Å². The predicted molar refractivity (Wildman–Crippen MR) is 115 cm³/mol. The van der Waals surface area contributed by atoms with Gasteiger partial charge in [0.05, 0.1) is 22.3 Å². The molecule has 9 heteroatoms. The number of carboxylic acids is 1. The number of aryl methyl sites for hydroxylation is 1. The highest BCUT2D eigenvalue weighted by atomic mass is 79.9. The Bertz CT molecular complexity index is 1290. The Morgan fingerprint density at radius 1 is 1.27 bits per heavy atom. The first-order valence-electron chi connectivity index (χ1n) is 9.84. The van der Waals surface area contributed by atoms with Crippen LogP contribution < -0.4 is 5.73 Å². The summed E-state index contributed by atoms with van der Waals surface area (Å²) in [7, 11) is 0. The zero-order chi connectivity index (χ0) is 21.0. The van der Waals surface area contributed by atoms with E-state index >= 15 is 0 Å². The van der Waals surface area contributed by atoms with Gasteiger partial charge in [-0.05, 0) is 60.7 Å². The van der Waals surface area contributed by atoms with Crippen LogP contribution in [0.25, 0.3) is 27.9 Å². The van der Waals surface area contributed by atoms with Crippen LogP contribution in [0.3, 0.4) is 0 Å². The van der Waals surface area contributed by atoms with Gasteiger partial charge in [-0.25, -0.2) is 9.97 Å². The second-order valence-corrected chi connectivity index (χ2v) is 8.65. The minimum Gasteiger partial charge on any atom is -0.481 e. The number of furan rings is 1. The van der Waals surface area contributed by atoms with E-state index in [9.17, 15) is 9.90 Å². The summed E-state index contributed by atoms with van der Waals surface area (Å²) in [6.07, 6.45) is 6.32. The molecule has 0 bridgehead atoms.